The molecule has 1 aliphatic heterocycles. The number of likely N-dealkylation sites (tertiary alicyclic amines) is 1. The molecule has 0 atom stereocenters. The van der Waals surface area contributed by atoms with Crippen LogP contribution in [0.2, 0.25) is 0 Å². The molecule has 2 heterocycles. The highest BCUT2D eigenvalue weighted by Gasteiger charge is 2.21. The number of nitrogens with two attached hydrogens (primary N) is 1. The minimum Gasteiger partial charge on any atom is -0.382 e. The summed E-state index contributed by atoms with van der Waals surface area (Å²) in [7, 11) is 4.23. The molecule has 0 spiro atoms. The first-order valence-electron chi connectivity index (χ1n) is 5.65. The Kier molecular flexibility index (Phi) is 3.24. The highest BCUT2D eigenvalue weighted by Crippen LogP contribution is 2.19. The number of hydrogen-bond acceptors (Lipinski definition) is 5. The normalized spacial score (nSPS) is 18.6. The Hall–Kier alpha value is -1.36. The van der Waals surface area contributed by atoms with E-state index in [0.717, 1.165) is 18.9 Å². The molecule has 16 heavy (non-hydrogen) atoms. The lowest BCUT2D eigenvalue weighted by Crippen LogP contribution is -2.42. The third kappa shape index (κ3) is 2.41. The number of nitrogens with zero attached hydrogens (tertiary/aromatic N) is 4. The van der Waals surface area contributed by atoms with Crippen molar-refractivity contribution in [1.29, 1.82) is 0 Å². The first kappa shape index (κ1) is 11.1. The minimum atomic E-state index is 0.484. The minimum absolute atomic E-state index is 0.484. The molecule has 0 saturated carbocycles. The number of aromatic nitrogens is 2. The fourth-order valence-electron chi connectivity index (χ4n) is 2.11. The van der Waals surface area contributed by atoms with Gasteiger partial charge in [-0.05, 0) is 33.0 Å². The molecule has 1 aliphatic rings. The van der Waals surface area contributed by atoms with Crippen molar-refractivity contribution in [2.45, 2.75) is 18.9 Å². The SMILES string of the molecule is CN1CCC(N(C)c2cncc(N)n2)CC1. The molecule has 5 nitrogen and oxygen atoms in total. The van der Waals surface area contributed by atoms with Gasteiger partial charge in [-0.3, -0.25) is 4.98 Å². The van der Waals surface area contributed by atoms with Crippen LogP contribution in [0.3, 0.4) is 0 Å². The summed E-state index contributed by atoms with van der Waals surface area (Å²) >= 11 is 0. The van der Waals surface area contributed by atoms with Gasteiger partial charge in [-0.1, -0.05) is 0 Å². The van der Waals surface area contributed by atoms with Gasteiger partial charge in [0.15, 0.2) is 0 Å². The second kappa shape index (κ2) is 4.65. The Morgan fingerprint density at radius 2 is 2.06 bits per heavy atom. The number of piperidine rings is 1. The van der Waals surface area contributed by atoms with Gasteiger partial charge < -0.3 is 15.5 Å². The second-order valence-corrected chi connectivity index (χ2v) is 4.45. The van der Waals surface area contributed by atoms with Crippen LogP contribution >= 0.6 is 0 Å². The van der Waals surface area contributed by atoms with Crippen molar-refractivity contribution in [2.24, 2.45) is 0 Å². The second-order valence-electron chi connectivity index (χ2n) is 4.45. The highest BCUT2D eigenvalue weighted by molar-refractivity contribution is 5.41. The van der Waals surface area contributed by atoms with Gasteiger partial charge in [0.1, 0.15) is 11.6 Å². The lowest BCUT2D eigenvalue weighted by molar-refractivity contribution is 0.252. The molecule has 2 N–H and O–H groups in total. The summed E-state index contributed by atoms with van der Waals surface area (Å²) in [5.74, 6) is 1.35. The molecule has 1 aromatic rings. The first-order valence-corrected chi connectivity index (χ1v) is 5.65. The molecule has 1 fully saturated rings. The monoisotopic (exact) mass is 221 g/mol. The predicted octanol–water partition coefficient (Wildman–Crippen LogP) is 0.589. The van der Waals surface area contributed by atoms with Gasteiger partial charge in [0, 0.05) is 13.1 Å². The van der Waals surface area contributed by atoms with Gasteiger partial charge in [-0.25, -0.2) is 4.98 Å². The Balaban J connectivity index is 2.04. The number of hydrogen-bond donors (Lipinski definition) is 1. The van der Waals surface area contributed by atoms with Crippen LogP contribution < -0.4 is 10.6 Å². The van der Waals surface area contributed by atoms with Gasteiger partial charge in [-0.2, -0.15) is 0 Å². The Bertz CT molecular complexity index is 346. The van der Waals surface area contributed by atoms with Crippen molar-refractivity contribution >= 4 is 11.6 Å². The Morgan fingerprint density at radius 3 is 2.69 bits per heavy atom. The van der Waals surface area contributed by atoms with Gasteiger partial charge >= 0.3 is 0 Å². The summed E-state index contributed by atoms with van der Waals surface area (Å²) in [6, 6.07) is 0.548. The summed E-state index contributed by atoms with van der Waals surface area (Å²) in [5.41, 5.74) is 5.64. The van der Waals surface area contributed by atoms with Crippen molar-refractivity contribution in [1.82, 2.24) is 14.9 Å². The lowest BCUT2D eigenvalue weighted by Gasteiger charge is -2.35. The summed E-state index contributed by atoms with van der Waals surface area (Å²) in [6.07, 6.45) is 5.69. The van der Waals surface area contributed by atoms with E-state index in [4.69, 9.17) is 5.73 Å². The fourth-order valence-corrected chi connectivity index (χ4v) is 2.11. The largest absolute Gasteiger partial charge is 0.382 e. The van der Waals surface area contributed by atoms with Gasteiger partial charge in [0.05, 0.1) is 12.4 Å². The van der Waals surface area contributed by atoms with Crippen molar-refractivity contribution < 1.29 is 0 Å². The number of rotatable bonds is 2. The van der Waals surface area contributed by atoms with Crippen LogP contribution in [0.25, 0.3) is 0 Å². The molecule has 0 amide bonds. The van der Waals surface area contributed by atoms with E-state index in [0.29, 0.717) is 11.9 Å². The fraction of sp³-hybridized carbons (Fsp3) is 0.636. The highest BCUT2D eigenvalue weighted by atomic mass is 15.2. The molecule has 0 aromatic carbocycles. The summed E-state index contributed by atoms with van der Waals surface area (Å²) in [6.45, 7) is 2.29. The topological polar surface area (TPSA) is 58.3 Å². The van der Waals surface area contributed by atoms with Gasteiger partial charge in [-0.15, -0.1) is 0 Å². The molecule has 1 saturated heterocycles. The maximum atomic E-state index is 5.64. The number of anilines is 2. The number of nitrogen functional groups attached to an aromatic ring is 1. The molecule has 1 aromatic heterocycles. The van der Waals surface area contributed by atoms with Crippen LogP contribution in [0, 0.1) is 0 Å². The average molecular weight is 221 g/mol. The molecule has 0 bridgehead atoms. The maximum absolute atomic E-state index is 5.64. The van der Waals surface area contributed by atoms with E-state index in [9.17, 15) is 0 Å². The van der Waals surface area contributed by atoms with Crippen molar-refractivity contribution in [2.75, 3.05) is 37.8 Å². The summed E-state index contributed by atoms with van der Waals surface area (Å²) in [5, 5.41) is 0. The van der Waals surface area contributed by atoms with E-state index in [1.165, 1.54) is 12.8 Å². The van der Waals surface area contributed by atoms with E-state index in [1.807, 2.05) is 0 Å². The van der Waals surface area contributed by atoms with Crippen molar-refractivity contribution in [3.05, 3.63) is 12.4 Å². The zero-order valence-electron chi connectivity index (χ0n) is 9.93. The molecular formula is C11H19N5. The molecule has 88 valence electrons. The molecule has 2 rings (SSSR count). The van der Waals surface area contributed by atoms with Gasteiger partial charge in [0.25, 0.3) is 0 Å². The Morgan fingerprint density at radius 1 is 1.38 bits per heavy atom. The summed E-state index contributed by atoms with van der Waals surface area (Å²) in [4.78, 5) is 12.9. The summed E-state index contributed by atoms with van der Waals surface area (Å²) < 4.78 is 0. The van der Waals surface area contributed by atoms with Crippen LogP contribution in [0.1, 0.15) is 12.8 Å². The molecule has 0 aliphatic carbocycles. The van der Waals surface area contributed by atoms with Crippen LogP contribution in [0.15, 0.2) is 12.4 Å². The standard InChI is InChI=1S/C11H19N5/c1-15-5-3-9(4-6-15)16(2)11-8-13-7-10(12)14-11/h7-9H,3-6H2,1-2H3,(H2,12,14). The van der Waals surface area contributed by atoms with E-state index < -0.39 is 0 Å². The smallest absolute Gasteiger partial charge is 0.149 e. The van der Waals surface area contributed by atoms with Crippen LogP contribution in [0.5, 0.6) is 0 Å². The zero-order valence-corrected chi connectivity index (χ0v) is 9.93. The van der Waals surface area contributed by atoms with E-state index in [2.05, 4.69) is 33.9 Å². The lowest BCUT2D eigenvalue weighted by atomic mass is 10.0. The third-order valence-corrected chi connectivity index (χ3v) is 3.24. The van der Waals surface area contributed by atoms with Crippen molar-refractivity contribution in [3.8, 4) is 0 Å². The van der Waals surface area contributed by atoms with E-state index in [1.54, 1.807) is 12.4 Å². The molecule has 5 heteroatoms. The van der Waals surface area contributed by atoms with Crippen LogP contribution in [-0.2, 0) is 0 Å². The van der Waals surface area contributed by atoms with Crippen LogP contribution in [0.4, 0.5) is 11.6 Å². The van der Waals surface area contributed by atoms with Crippen LogP contribution in [-0.4, -0.2) is 48.1 Å². The molecule has 0 radical (unpaired) electrons. The third-order valence-electron chi connectivity index (χ3n) is 3.24. The van der Waals surface area contributed by atoms with E-state index in [-0.39, 0.29) is 0 Å². The van der Waals surface area contributed by atoms with Gasteiger partial charge in [0.2, 0.25) is 0 Å². The van der Waals surface area contributed by atoms with E-state index >= 15 is 0 Å². The molecular weight excluding hydrogens is 202 g/mol. The molecule has 0 unspecified atom stereocenters. The maximum Gasteiger partial charge on any atom is 0.149 e. The first-order chi connectivity index (χ1) is 7.66. The van der Waals surface area contributed by atoms with Crippen molar-refractivity contribution in [3.63, 3.8) is 0 Å². The predicted molar refractivity (Wildman–Crippen MR) is 65.4 cm³/mol. The average Bonchev–Trinajstić information content (AvgIpc) is 2.29. The quantitative estimate of drug-likeness (QED) is 0.792. The zero-order chi connectivity index (χ0) is 11.5. The Labute approximate surface area is 96.3 Å².